The van der Waals surface area contributed by atoms with Gasteiger partial charge in [-0.3, -0.25) is 0 Å². The molecule has 0 amide bonds. The molecule has 0 aliphatic carbocycles. The Kier molecular flexibility index (Phi) is 4.22. The molecule has 0 aliphatic heterocycles. The van der Waals surface area contributed by atoms with Gasteiger partial charge in [-0.05, 0) is 31.5 Å². The molecular formula is C15H17ClN4O. The molecule has 2 N–H and O–H groups in total. The fourth-order valence-electron chi connectivity index (χ4n) is 2.32. The van der Waals surface area contributed by atoms with Gasteiger partial charge in [-0.25, -0.2) is 9.97 Å². The summed E-state index contributed by atoms with van der Waals surface area (Å²) in [5.41, 5.74) is 2.80. The lowest BCUT2D eigenvalue weighted by atomic mass is 10.2. The molecule has 0 radical (unpaired) electrons. The molecule has 21 heavy (non-hydrogen) atoms. The maximum Gasteiger partial charge on any atom is 0.153 e. The van der Waals surface area contributed by atoms with E-state index in [2.05, 4.69) is 20.3 Å². The van der Waals surface area contributed by atoms with Crippen molar-refractivity contribution in [3.63, 3.8) is 0 Å². The summed E-state index contributed by atoms with van der Waals surface area (Å²) in [5, 5.41) is 5.04. The van der Waals surface area contributed by atoms with Crippen LogP contribution in [0.15, 0.2) is 24.5 Å². The second-order valence-electron chi connectivity index (χ2n) is 4.74. The fourth-order valence-corrected chi connectivity index (χ4v) is 2.50. The van der Waals surface area contributed by atoms with Gasteiger partial charge >= 0.3 is 0 Å². The van der Waals surface area contributed by atoms with E-state index in [9.17, 15) is 0 Å². The van der Waals surface area contributed by atoms with Crippen molar-refractivity contribution in [2.45, 2.75) is 13.3 Å². The number of H-pyrrole nitrogens is 1. The van der Waals surface area contributed by atoms with Gasteiger partial charge in [-0.15, -0.1) is 0 Å². The Bertz CT molecular complexity index is 756. The van der Waals surface area contributed by atoms with Gasteiger partial charge in [0.1, 0.15) is 17.4 Å². The van der Waals surface area contributed by atoms with Crippen molar-refractivity contribution in [2.24, 2.45) is 0 Å². The van der Waals surface area contributed by atoms with Gasteiger partial charge in [0.05, 0.1) is 0 Å². The first-order valence-electron chi connectivity index (χ1n) is 7.03. The van der Waals surface area contributed by atoms with E-state index in [0.717, 1.165) is 53.9 Å². The summed E-state index contributed by atoms with van der Waals surface area (Å²) in [6.45, 7) is 4.31. The van der Waals surface area contributed by atoms with E-state index in [-0.39, 0.29) is 0 Å². The first kappa shape index (κ1) is 14.1. The summed E-state index contributed by atoms with van der Waals surface area (Å²) in [5.74, 6) is 0.809. The van der Waals surface area contributed by atoms with E-state index in [1.807, 2.05) is 25.1 Å². The number of hydrogen-bond acceptors (Lipinski definition) is 4. The molecule has 110 valence electrons. The van der Waals surface area contributed by atoms with E-state index in [1.54, 1.807) is 6.33 Å². The molecule has 0 aliphatic rings. The van der Waals surface area contributed by atoms with Crippen LogP contribution in [0.3, 0.4) is 0 Å². The van der Waals surface area contributed by atoms with Crippen LogP contribution >= 0.6 is 11.6 Å². The molecule has 5 nitrogen and oxygen atoms in total. The maximum atomic E-state index is 6.06. The Morgan fingerprint density at radius 2 is 2.24 bits per heavy atom. The van der Waals surface area contributed by atoms with Gasteiger partial charge in [0, 0.05) is 35.7 Å². The van der Waals surface area contributed by atoms with Crippen LogP contribution in [0.1, 0.15) is 13.3 Å². The molecule has 3 aromatic rings. The fraction of sp³-hybridized carbons (Fsp3) is 0.333. The zero-order valence-corrected chi connectivity index (χ0v) is 12.6. The predicted molar refractivity (Wildman–Crippen MR) is 86.0 cm³/mol. The third-order valence-corrected chi connectivity index (χ3v) is 3.54. The minimum Gasteiger partial charge on any atom is -0.382 e. The van der Waals surface area contributed by atoms with Crippen LogP contribution in [0.5, 0.6) is 0 Å². The minimum atomic E-state index is 0.702. The Labute approximate surface area is 127 Å². The molecule has 0 unspecified atom stereocenters. The molecule has 1 aromatic carbocycles. The average molecular weight is 305 g/mol. The number of hydrogen-bond donors (Lipinski definition) is 2. The van der Waals surface area contributed by atoms with Crippen LogP contribution in [0.4, 0.5) is 5.82 Å². The number of aromatic nitrogens is 3. The van der Waals surface area contributed by atoms with Crippen molar-refractivity contribution < 1.29 is 4.74 Å². The summed E-state index contributed by atoms with van der Waals surface area (Å²) in [4.78, 5) is 12.0. The second-order valence-corrected chi connectivity index (χ2v) is 5.17. The monoisotopic (exact) mass is 304 g/mol. The average Bonchev–Trinajstić information content (AvgIpc) is 2.86. The second kappa shape index (κ2) is 6.28. The lowest BCUT2D eigenvalue weighted by Crippen LogP contribution is -2.07. The van der Waals surface area contributed by atoms with Crippen LogP contribution in [0.2, 0.25) is 5.02 Å². The van der Waals surface area contributed by atoms with Crippen LogP contribution in [0, 0.1) is 0 Å². The van der Waals surface area contributed by atoms with Crippen LogP contribution in [0.25, 0.3) is 21.9 Å². The number of aromatic amines is 1. The molecule has 2 heterocycles. The first-order valence-corrected chi connectivity index (χ1v) is 7.41. The molecule has 2 aromatic heterocycles. The lowest BCUT2D eigenvalue weighted by molar-refractivity contribution is 0.147. The molecule has 0 spiro atoms. The topological polar surface area (TPSA) is 62.8 Å². The van der Waals surface area contributed by atoms with E-state index in [4.69, 9.17) is 16.3 Å². The van der Waals surface area contributed by atoms with Gasteiger partial charge in [0.25, 0.3) is 0 Å². The van der Waals surface area contributed by atoms with Crippen molar-refractivity contribution in [2.75, 3.05) is 25.1 Å². The number of fused-ring (bicyclic) bond motifs is 3. The third kappa shape index (κ3) is 2.94. The molecular weight excluding hydrogens is 288 g/mol. The molecule has 3 rings (SSSR count). The third-order valence-electron chi connectivity index (χ3n) is 3.31. The maximum absolute atomic E-state index is 6.06. The summed E-state index contributed by atoms with van der Waals surface area (Å²) < 4.78 is 5.32. The van der Waals surface area contributed by atoms with Gasteiger partial charge in [0.15, 0.2) is 5.82 Å². The highest BCUT2D eigenvalue weighted by Gasteiger charge is 2.10. The predicted octanol–water partition coefficient (Wildman–Crippen LogP) is 3.60. The number of nitrogens with zero attached hydrogens (tertiary/aromatic N) is 2. The summed E-state index contributed by atoms with van der Waals surface area (Å²) in [7, 11) is 0. The minimum absolute atomic E-state index is 0.702. The number of benzene rings is 1. The highest BCUT2D eigenvalue weighted by atomic mass is 35.5. The van der Waals surface area contributed by atoms with E-state index >= 15 is 0 Å². The van der Waals surface area contributed by atoms with Crippen LogP contribution in [-0.4, -0.2) is 34.7 Å². The Morgan fingerprint density at radius 1 is 1.33 bits per heavy atom. The molecule has 0 bridgehead atoms. The molecule has 6 heteroatoms. The number of ether oxygens (including phenoxy) is 1. The Hall–Kier alpha value is -1.85. The Morgan fingerprint density at radius 3 is 3.10 bits per heavy atom. The summed E-state index contributed by atoms with van der Waals surface area (Å²) in [6, 6.07) is 5.74. The number of nitrogens with one attached hydrogen (secondary N) is 2. The first-order chi connectivity index (χ1) is 10.3. The zero-order chi connectivity index (χ0) is 14.7. The van der Waals surface area contributed by atoms with Crippen molar-refractivity contribution in [1.82, 2.24) is 15.0 Å². The molecule has 0 atom stereocenters. The van der Waals surface area contributed by atoms with E-state index in [1.165, 1.54) is 0 Å². The molecule has 0 saturated carbocycles. The highest BCUT2D eigenvalue weighted by Crippen LogP contribution is 2.29. The smallest absolute Gasteiger partial charge is 0.153 e. The van der Waals surface area contributed by atoms with E-state index < -0.39 is 0 Å². The summed E-state index contributed by atoms with van der Waals surface area (Å²) >= 11 is 6.06. The number of rotatable bonds is 6. The van der Waals surface area contributed by atoms with Gasteiger partial charge in [-0.2, -0.15) is 0 Å². The van der Waals surface area contributed by atoms with Crippen molar-refractivity contribution in [1.29, 1.82) is 0 Å². The summed E-state index contributed by atoms with van der Waals surface area (Å²) in [6.07, 6.45) is 2.51. The standard InChI is InChI=1S/C15H17ClN4O/c1-2-21-7-3-6-17-15-14-13(18-9-19-15)11-8-10(16)4-5-12(11)20-14/h4-5,8-9,20H,2-3,6-7H2,1H3,(H,17,18,19). The van der Waals surface area contributed by atoms with Crippen molar-refractivity contribution in [3.8, 4) is 0 Å². The number of halogens is 1. The molecule has 0 saturated heterocycles. The largest absolute Gasteiger partial charge is 0.382 e. The van der Waals surface area contributed by atoms with Gasteiger partial charge in [0.2, 0.25) is 0 Å². The van der Waals surface area contributed by atoms with E-state index in [0.29, 0.717) is 5.02 Å². The van der Waals surface area contributed by atoms with Crippen LogP contribution in [-0.2, 0) is 4.74 Å². The van der Waals surface area contributed by atoms with Gasteiger partial charge in [-0.1, -0.05) is 11.6 Å². The van der Waals surface area contributed by atoms with Gasteiger partial charge < -0.3 is 15.0 Å². The Balaban J connectivity index is 1.87. The van der Waals surface area contributed by atoms with Crippen LogP contribution < -0.4 is 5.32 Å². The SMILES string of the molecule is CCOCCCNc1ncnc2c1[nH]c1ccc(Cl)cc12. The highest BCUT2D eigenvalue weighted by molar-refractivity contribution is 6.31. The normalized spacial score (nSPS) is 11.3. The molecule has 0 fully saturated rings. The quantitative estimate of drug-likeness (QED) is 0.683. The zero-order valence-electron chi connectivity index (χ0n) is 11.8. The number of anilines is 1. The lowest BCUT2D eigenvalue weighted by Gasteiger charge is -2.06. The van der Waals surface area contributed by atoms with Crippen molar-refractivity contribution >= 4 is 39.4 Å². The van der Waals surface area contributed by atoms with Crippen molar-refractivity contribution in [3.05, 3.63) is 29.5 Å².